The second-order valence-corrected chi connectivity index (χ2v) is 4.82. The first-order valence-corrected chi connectivity index (χ1v) is 6.79. The maximum Gasteiger partial charge on any atom is 0.258 e. The van der Waals surface area contributed by atoms with Gasteiger partial charge in [-0.2, -0.15) is 0 Å². The first-order chi connectivity index (χ1) is 10.1. The van der Waals surface area contributed by atoms with Crippen LogP contribution in [0.1, 0.15) is 15.9 Å². The highest BCUT2D eigenvalue weighted by Gasteiger charge is 2.13. The molecular weight excluding hydrogens is 290 g/mol. The lowest BCUT2D eigenvalue weighted by atomic mass is 10.1. The normalized spacial score (nSPS) is 10.4. The Balaban J connectivity index is 2.21. The van der Waals surface area contributed by atoms with Crippen molar-refractivity contribution in [2.45, 2.75) is 6.42 Å². The maximum atomic E-state index is 12.3. The Morgan fingerprint density at radius 3 is 2.95 bits per heavy atom. The van der Waals surface area contributed by atoms with Crippen LogP contribution in [-0.4, -0.2) is 24.6 Å². The standard InChI is InChI=1S/C15H16ClN3O2/c1-21-7-6-10-4-2-3-5-13(10)19-15(20)12-8-11(17)9-18-14(12)16/h2-5,8-9H,6-7,17H2,1H3,(H,19,20). The van der Waals surface area contributed by atoms with Crippen molar-refractivity contribution in [3.8, 4) is 0 Å². The number of ether oxygens (including phenoxy) is 1. The van der Waals surface area contributed by atoms with Gasteiger partial charge in [-0.3, -0.25) is 4.79 Å². The van der Waals surface area contributed by atoms with Crippen molar-refractivity contribution in [1.82, 2.24) is 4.98 Å². The van der Waals surface area contributed by atoms with Crippen LogP contribution >= 0.6 is 11.6 Å². The lowest BCUT2D eigenvalue weighted by Gasteiger charge is -2.11. The number of rotatable bonds is 5. The fraction of sp³-hybridized carbons (Fsp3) is 0.200. The molecule has 6 heteroatoms. The van der Waals surface area contributed by atoms with Gasteiger partial charge in [0, 0.05) is 12.8 Å². The molecule has 0 radical (unpaired) electrons. The second kappa shape index (κ2) is 7.06. The van der Waals surface area contributed by atoms with Crippen LogP contribution in [0, 0.1) is 0 Å². The summed E-state index contributed by atoms with van der Waals surface area (Å²) >= 11 is 5.93. The van der Waals surface area contributed by atoms with Crippen LogP contribution in [0.5, 0.6) is 0 Å². The smallest absolute Gasteiger partial charge is 0.258 e. The molecule has 2 rings (SSSR count). The quantitative estimate of drug-likeness (QED) is 0.833. The van der Waals surface area contributed by atoms with Gasteiger partial charge in [0.15, 0.2) is 0 Å². The highest BCUT2D eigenvalue weighted by Crippen LogP contribution is 2.20. The predicted octanol–water partition coefficient (Wildman–Crippen LogP) is 2.76. The fourth-order valence-electron chi connectivity index (χ4n) is 1.89. The van der Waals surface area contributed by atoms with Crippen molar-refractivity contribution >= 4 is 28.9 Å². The van der Waals surface area contributed by atoms with E-state index in [4.69, 9.17) is 22.1 Å². The van der Waals surface area contributed by atoms with Gasteiger partial charge in [0.2, 0.25) is 0 Å². The largest absolute Gasteiger partial charge is 0.397 e. The van der Waals surface area contributed by atoms with E-state index in [-0.39, 0.29) is 16.6 Å². The molecule has 0 aliphatic rings. The summed E-state index contributed by atoms with van der Waals surface area (Å²) in [5, 5.41) is 2.95. The number of hydrogen-bond donors (Lipinski definition) is 2. The molecule has 1 heterocycles. The SMILES string of the molecule is COCCc1ccccc1NC(=O)c1cc(N)cnc1Cl. The number of nitrogens with zero attached hydrogens (tertiary/aromatic N) is 1. The van der Waals surface area contributed by atoms with E-state index in [1.807, 2.05) is 24.3 Å². The third-order valence-corrected chi connectivity index (χ3v) is 3.25. The number of carbonyl (C=O) groups is 1. The Morgan fingerprint density at radius 1 is 1.43 bits per heavy atom. The summed E-state index contributed by atoms with van der Waals surface area (Å²) in [5.74, 6) is -0.343. The van der Waals surface area contributed by atoms with Gasteiger partial charge in [-0.1, -0.05) is 29.8 Å². The minimum absolute atomic E-state index is 0.121. The molecule has 0 bridgehead atoms. The second-order valence-electron chi connectivity index (χ2n) is 4.46. The highest BCUT2D eigenvalue weighted by molar-refractivity contribution is 6.33. The molecule has 1 aromatic heterocycles. The van der Waals surface area contributed by atoms with E-state index in [1.165, 1.54) is 12.3 Å². The Bertz CT molecular complexity index is 647. The number of aromatic nitrogens is 1. The average molecular weight is 306 g/mol. The number of hydrogen-bond acceptors (Lipinski definition) is 4. The molecule has 0 saturated carbocycles. The van der Waals surface area contributed by atoms with Gasteiger partial charge in [0.25, 0.3) is 5.91 Å². The summed E-state index contributed by atoms with van der Waals surface area (Å²) in [4.78, 5) is 16.2. The van der Waals surface area contributed by atoms with Crippen LogP contribution in [0.2, 0.25) is 5.15 Å². The van der Waals surface area contributed by atoms with Gasteiger partial charge in [-0.25, -0.2) is 4.98 Å². The van der Waals surface area contributed by atoms with Crippen LogP contribution in [0.15, 0.2) is 36.5 Å². The number of benzene rings is 1. The van der Waals surface area contributed by atoms with Crippen molar-refractivity contribution in [3.63, 3.8) is 0 Å². The lowest BCUT2D eigenvalue weighted by molar-refractivity contribution is 0.102. The Labute approximate surface area is 128 Å². The zero-order valence-corrected chi connectivity index (χ0v) is 12.4. The van der Waals surface area contributed by atoms with Gasteiger partial charge < -0.3 is 15.8 Å². The van der Waals surface area contributed by atoms with Crippen molar-refractivity contribution in [1.29, 1.82) is 0 Å². The van der Waals surface area contributed by atoms with Crippen molar-refractivity contribution in [3.05, 3.63) is 52.8 Å². The molecule has 5 nitrogen and oxygen atoms in total. The molecule has 21 heavy (non-hydrogen) atoms. The van der Waals surface area contributed by atoms with Crippen LogP contribution in [0.3, 0.4) is 0 Å². The molecular formula is C15H16ClN3O2. The number of nitrogens with two attached hydrogens (primary N) is 1. The van der Waals surface area contributed by atoms with Crippen molar-refractivity contribution in [2.24, 2.45) is 0 Å². The predicted molar refractivity (Wildman–Crippen MR) is 83.6 cm³/mol. The Hall–Kier alpha value is -2.11. The molecule has 110 valence electrons. The number of methoxy groups -OCH3 is 1. The lowest BCUT2D eigenvalue weighted by Crippen LogP contribution is -2.15. The first kappa shape index (κ1) is 15.3. The van der Waals surface area contributed by atoms with Crippen LogP contribution in [0.25, 0.3) is 0 Å². The minimum atomic E-state index is -0.343. The number of halogens is 1. The van der Waals surface area contributed by atoms with Gasteiger partial charge in [-0.05, 0) is 24.1 Å². The molecule has 0 aliphatic heterocycles. The van der Waals surface area contributed by atoms with Crippen LogP contribution < -0.4 is 11.1 Å². The Kier molecular flexibility index (Phi) is 5.14. The summed E-state index contributed by atoms with van der Waals surface area (Å²) in [6, 6.07) is 9.04. The average Bonchev–Trinajstić information content (AvgIpc) is 2.48. The van der Waals surface area contributed by atoms with E-state index >= 15 is 0 Å². The zero-order chi connectivity index (χ0) is 15.2. The van der Waals surface area contributed by atoms with E-state index in [2.05, 4.69) is 10.3 Å². The van der Waals surface area contributed by atoms with Gasteiger partial charge in [-0.15, -0.1) is 0 Å². The maximum absolute atomic E-state index is 12.3. The number of para-hydroxylation sites is 1. The van der Waals surface area contributed by atoms with E-state index in [0.717, 1.165) is 11.3 Å². The van der Waals surface area contributed by atoms with E-state index in [9.17, 15) is 4.79 Å². The van der Waals surface area contributed by atoms with Gasteiger partial charge >= 0.3 is 0 Å². The van der Waals surface area contributed by atoms with E-state index in [1.54, 1.807) is 7.11 Å². The number of pyridine rings is 1. The van der Waals surface area contributed by atoms with Crippen LogP contribution in [0.4, 0.5) is 11.4 Å². The van der Waals surface area contributed by atoms with Crippen molar-refractivity contribution < 1.29 is 9.53 Å². The fourth-order valence-corrected chi connectivity index (χ4v) is 2.07. The number of nitrogens with one attached hydrogen (secondary N) is 1. The molecule has 0 fully saturated rings. The van der Waals surface area contributed by atoms with Crippen LogP contribution in [-0.2, 0) is 11.2 Å². The zero-order valence-electron chi connectivity index (χ0n) is 11.6. The van der Waals surface area contributed by atoms with Gasteiger partial charge in [0.05, 0.1) is 24.1 Å². The summed E-state index contributed by atoms with van der Waals surface area (Å²) in [6.45, 7) is 0.577. The molecule has 2 aromatic rings. The van der Waals surface area contributed by atoms with E-state index in [0.29, 0.717) is 18.7 Å². The number of carbonyl (C=O) groups excluding carboxylic acids is 1. The third kappa shape index (κ3) is 3.93. The first-order valence-electron chi connectivity index (χ1n) is 6.41. The Morgan fingerprint density at radius 2 is 2.19 bits per heavy atom. The molecule has 0 atom stereocenters. The molecule has 1 aromatic carbocycles. The third-order valence-electron chi connectivity index (χ3n) is 2.95. The van der Waals surface area contributed by atoms with Gasteiger partial charge in [0.1, 0.15) is 5.15 Å². The number of nitrogen functional groups attached to an aromatic ring is 1. The molecule has 0 saturated heterocycles. The molecule has 0 aliphatic carbocycles. The molecule has 1 amide bonds. The highest BCUT2D eigenvalue weighted by atomic mass is 35.5. The molecule has 0 spiro atoms. The topological polar surface area (TPSA) is 77.2 Å². The molecule has 3 N–H and O–H groups in total. The van der Waals surface area contributed by atoms with Crippen molar-refractivity contribution in [2.75, 3.05) is 24.8 Å². The number of amides is 1. The summed E-state index contributed by atoms with van der Waals surface area (Å²) in [6.07, 6.45) is 2.11. The molecule has 0 unspecified atom stereocenters. The minimum Gasteiger partial charge on any atom is -0.397 e. The number of anilines is 2. The van der Waals surface area contributed by atoms with E-state index < -0.39 is 0 Å². The monoisotopic (exact) mass is 305 g/mol. The summed E-state index contributed by atoms with van der Waals surface area (Å²) in [5.41, 5.74) is 7.98. The summed E-state index contributed by atoms with van der Waals surface area (Å²) < 4.78 is 5.06. The summed E-state index contributed by atoms with van der Waals surface area (Å²) in [7, 11) is 1.64.